The Balaban J connectivity index is 1.73. The number of hydrogen-bond acceptors (Lipinski definition) is 3. The van der Waals surface area contributed by atoms with Crippen molar-refractivity contribution in [2.75, 3.05) is 33.8 Å². The molecule has 1 fully saturated rings. The smallest absolute Gasteiger partial charge is 0.305 e. The van der Waals surface area contributed by atoms with Gasteiger partial charge in [-0.2, -0.15) is 0 Å². The van der Waals surface area contributed by atoms with Crippen LogP contribution in [0.25, 0.3) is 0 Å². The number of carbonyl (C=O) groups is 1. The van der Waals surface area contributed by atoms with Crippen LogP contribution in [0.5, 0.6) is 0 Å². The van der Waals surface area contributed by atoms with Crippen molar-refractivity contribution in [2.45, 2.75) is 31.6 Å². The number of unbranched alkanes of at least 4 members (excludes halogenated alkanes) is 1. The monoisotopic (exact) mass is 317 g/mol. The van der Waals surface area contributed by atoms with Crippen LogP contribution in [-0.2, 0) is 9.53 Å². The van der Waals surface area contributed by atoms with E-state index in [0.717, 1.165) is 44.9 Å². The molecule has 2 rings (SSSR count). The highest BCUT2D eigenvalue weighted by Gasteiger charge is 2.25. The first-order chi connectivity index (χ1) is 11.2. The molecular formula is C18H27N3O2. The lowest BCUT2D eigenvalue weighted by molar-refractivity contribution is -0.140. The van der Waals surface area contributed by atoms with Gasteiger partial charge in [-0.05, 0) is 24.8 Å². The van der Waals surface area contributed by atoms with Gasteiger partial charge in [0.05, 0.1) is 7.11 Å². The van der Waals surface area contributed by atoms with Crippen molar-refractivity contribution in [1.29, 1.82) is 0 Å². The highest BCUT2D eigenvalue weighted by atomic mass is 16.5. The summed E-state index contributed by atoms with van der Waals surface area (Å²) in [6, 6.07) is 10.7. The third-order valence-electron chi connectivity index (χ3n) is 4.29. The van der Waals surface area contributed by atoms with Crippen molar-refractivity contribution in [3.8, 4) is 0 Å². The summed E-state index contributed by atoms with van der Waals surface area (Å²) >= 11 is 0. The molecule has 0 bridgehead atoms. The molecule has 1 aliphatic heterocycles. The molecule has 0 amide bonds. The van der Waals surface area contributed by atoms with Crippen molar-refractivity contribution < 1.29 is 9.53 Å². The van der Waals surface area contributed by atoms with Gasteiger partial charge in [0.15, 0.2) is 5.96 Å². The van der Waals surface area contributed by atoms with E-state index in [4.69, 9.17) is 0 Å². The summed E-state index contributed by atoms with van der Waals surface area (Å²) in [6.07, 6.45) is 3.41. The first-order valence-corrected chi connectivity index (χ1v) is 8.32. The second-order valence-electron chi connectivity index (χ2n) is 5.85. The van der Waals surface area contributed by atoms with Crippen LogP contribution in [0.15, 0.2) is 35.3 Å². The Morgan fingerprint density at radius 1 is 1.35 bits per heavy atom. The van der Waals surface area contributed by atoms with Crippen LogP contribution in [0.3, 0.4) is 0 Å². The summed E-state index contributed by atoms with van der Waals surface area (Å²) in [6.45, 7) is 2.86. The van der Waals surface area contributed by atoms with Gasteiger partial charge in [0.1, 0.15) is 0 Å². The van der Waals surface area contributed by atoms with E-state index in [0.29, 0.717) is 12.3 Å². The standard InChI is InChI=1S/C18H27N3O2/c1-19-18(20-12-7-6-10-17(22)23-2)21-13-11-16(14-21)15-8-4-3-5-9-15/h3-5,8-9,16H,6-7,10-14H2,1-2H3,(H,19,20). The molecule has 1 unspecified atom stereocenters. The summed E-state index contributed by atoms with van der Waals surface area (Å²) in [4.78, 5) is 17.8. The minimum Gasteiger partial charge on any atom is -0.469 e. The van der Waals surface area contributed by atoms with Gasteiger partial charge in [-0.3, -0.25) is 9.79 Å². The molecule has 0 aromatic heterocycles. The summed E-state index contributed by atoms with van der Waals surface area (Å²) in [5, 5.41) is 3.40. The second-order valence-corrected chi connectivity index (χ2v) is 5.85. The predicted molar refractivity (Wildman–Crippen MR) is 92.6 cm³/mol. The molecule has 1 aliphatic rings. The van der Waals surface area contributed by atoms with Gasteiger partial charge < -0.3 is 15.0 Å². The molecule has 5 heteroatoms. The number of hydrogen-bond donors (Lipinski definition) is 1. The van der Waals surface area contributed by atoms with E-state index in [1.807, 2.05) is 7.05 Å². The first kappa shape index (κ1) is 17.3. The lowest BCUT2D eigenvalue weighted by Crippen LogP contribution is -2.40. The number of esters is 1. The van der Waals surface area contributed by atoms with Gasteiger partial charge in [0, 0.05) is 39.0 Å². The number of benzene rings is 1. The Morgan fingerprint density at radius 3 is 2.83 bits per heavy atom. The van der Waals surface area contributed by atoms with Gasteiger partial charge in [0.25, 0.3) is 0 Å². The van der Waals surface area contributed by atoms with Crippen LogP contribution in [-0.4, -0.2) is 50.6 Å². The summed E-state index contributed by atoms with van der Waals surface area (Å²) < 4.78 is 4.64. The minimum absolute atomic E-state index is 0.139. The Labute approximate surface area is 138 Å². The fourth-order valence-electron chi connectivity index (χ4n) is 2.98. The fourth-order valence-corrected chi connectivity index (χ4v) is 2.98. The van der Waals surface area contributed by atoms with Crippen molar-refractivity contribution in [3.63, 3.8) is 0 Å². The summed E-state index contributed by atoms with van der Waals surface area (Å²) in [5.41, 5.74) is 1.41. The lowest BCUT2D eigenvalue weighted by atomic mass is 9.99. The van der Waals surface area contributed by atoms with Crippen molar-refractivity contribution in [2.24, 2.45) is 4.99 Å². The third kappa shape index (κ3) is 5.27. The normalized spacial score (nSPS) is 18.1. The number of aliphatic imine (C=N–C) groups is 1. The zero-order valence-corrected chi connectivity index (χ0v) is 14.1. The average molecular weight is 317 g/mol. The van der Waals surface area contributed by atoms with Crippen molar-refractivity contribution in [1.82, 2.24) is 10.2 Å². The number of ether oxygens (including phenoxy) is 1. The molecule has 1 N–H and O–H groups in total. The maximum Gasteiger partial charge on any atom is 0.305 e. The second kappa shape index (κ2) is 9.18. The molecule has 1 aromatic carbocycles. The molecule has 0 aliphatic carbocycles. The molecule has 23 heavy (non-hydrogen) atoms. The average Bonchev–Trinajstić information content (AvgIpc) is 3.08. The predicted octanol–water partition coefficient (Wildman–Crippen LogP) is 2.39. The van der Waals surface area contributed by atoms with Crippen LogP contribution >= 0.6 is 0 Å². The highest BCUT2D eigenvalue weighted by Crippen LogP contribution is 2.26. The zero-order valence-electron chi connectivity index (χ0n) is 14.1. The van der Waals surface area contributed by atoms with Crippen molar-refractivity contribution in [3.05, 3.63) is 35.9 Å². The molecule has 1 heterocycles. The van der Waals surface area contributed by atoms with E-state index in [1.54, 1.807) is 0 Å². The fraction of sp³-hybridized carbons (Fsp3) is 0.556. The number of nitrogens with one attached hydrogen (secondary N) is 1. The zero-order chi connectivity index (χ0) is 16.5. The maximum atomic E-state index is 11.1. The van der Waals surface area contributed by atoms with Crippen molar-refractivity contribution >= 4 is 11.9 Å². The molecule has 5 nitrogen and oxygen atoms in total. The van der Waals surface area contributed by atoms with Crippen LogP contribution in [0.2, 0.25) is 0 Å². The van der Waals surface area contributed by atoms with Gasteiger partial charge >= 0.3 is 5.97 Å². The van der Waals surface area contributed by atoms with E-state index in [1.165, 1.54) is 12.7 Å². The SMILES string of the molecule is CN=C(NCCCCC(=O)OC)N1CCC(c2ccccc2)C1. The number of likely N-dealkylation sites (tertiary alicyclic amines) is 1. The number of nitrogens with zero attached hydrogens (tertiary/aromatic N) is 2. The Bertz CT molecular complexity index is 516. The van der Waals surface area contributed by atoms with Gasteiger partial charge in [-0.1, -0.05) is 30.3 Å². The Hall–Kier alpha value is -2.04. The largest absolute Gasteiger partial charge is 0.469 e. The Kier molecular flexibility index (Phi) is 6.91. The number of rotatable bonds is 6. The van der Waals surface area contributed by atoms with E-state index < -0.39 is 0 Å². The summed E-state index contributed by atoms with van der Waals surface area (Å²) in [7, 11) is 3.26. The minimum atomic E-state index is -0.139. The molecule has 0 spiro atoms. The van der Waals surface area contributed by atoms with Crippen LogP contribution < -0.4 is 5.32 Å². The first-order valence-electron chi connectivity index (χ1n) is 8.32. The van der Waals surface area contributed by atoms with Crippen LogP contribution in [0.1, 0.15) is 37.2 Å². The molecule has 0 saturated carbocycles. The molecule has 1 atom stereocenters. The van der Waals surface area contributed by atoms with E-state index >= 15 is 0 Å². The lowest BCUT2D eigenvalue weighted by Gasteiger charge is -2.21. The quantitative estimate of drug-likeness (QED) is 0.379. The van der Waals surface area contributed by atoms with Crippen LogP contribution in [0.4, 0.5) is 0 Å². The van der Waals surface area contributed by atoms with Gasteiger partial charge in [-0.25, -0.2) is 0 Å². The van der Waals surface area contributed by atoms with Gasteiger partial charge in [-0.15, -0.1) is 0 Å². The molecule has 1 aromatic rings. The maximum absolute atomic E-state index is 11.1. The Morgan fingerprint density at radius 2 is 2.13 bits per heavy atom. The topological polar surface area (TPSA) is 53.9 Å². The number of guanidine groups is 1. The van der Waals surface area contributed by atoms with E-state index in [2.05, 4.69) is 50.3 Å². The molecular weight excluding hydrogens is 290 g/mol. The van der Waals surface area contributed by atoms with Gasteiger partial charge in [0.2, 0.25) is 0 Å². The van der Waals surface area contributed by atoms with E-state index in [9.17, 15) is 4.79 Å². The van der Waals surface area contributed by atoms with Crippen LogP contribution in [0, 0.1) is 0 Å². The molecule has 1 saturated heterocycles. The molecule has 0 radical (unpaired) electrons. The summed E-state index contributed by atoms with van der Waals surface area (Å²) in [5.74, 6) is 1.40. The molecule has 126 valence electrons. The third-order valence-corrected chi connectivity index (χ3v) is 4.29. The highest BCUT2D eigenvalue weighted by molar-refractivity contribution is 5.80. The number of methoxy groups -OCH3 is 1. The number of carbonyl (C=O) groups excluding carboxylic acids is 1. The van der Waals surface area contributed by atoms with E-state index in [-0.39, 0.29) is 5.97 Å².